The third-order valence-electron chi connectivity index (χ3n) is 3.03. The molecule has 1 aromatic heterocycles. The molecule has 2 rings (SSSR count). The average Bonchev–Trinajstić information content (AvgIpc) is 2.49. The van der Waals surface area contributed by atoms with Crippen molar-refractivity contribution in [2.75, 3.05) is 13.2 Å². The van der Waals surface area contributed by atoms with Crippen LogP contribution in [0.15, 0.2) is 35.3 Å². The van der Waals surface area contributed by atoms with Crippen LogP contribution in [0.5, 0.6) is 0 Å². The Morgan fingerprint density at radius 2 is 1.90 bits per heavy atom. The molecule has 0 saturated carbocycles. The number of carbonyl (C=O) groups excluding carboxylic acids is 2. The Kier molecular flexibility index (Phi) is 4.37. The standard InChI is InChI=1S/C15H16N2O4/c1-3-21-13(18)8-16-14(19)12-9-17(2)15(20)11-7-5-4-6-10(11)12/h4-7,9H,3,8H2,1-2H3,(H,16,19). The predicted octanol–water partition coefficient (Wildman–Crippen LogP) is 0.831. The summed E-state index contributed by atoms with van der Waals surface area (Å²) in [5.74, 6) is -0.921. The number of ether oxygens (including phenoxy) is 1. The first-order valence-electron chi connectivity index (χ1n) is 6.56. The number of aryl methyl sites for hydroxylation is 1. The number of carbonyl (C=O) groups is 2. The van der Waals surface area contributed by atoms with Gasteiger partial charge in [0.2, 0.25) is 0 Å². The van der Waals surface area contributed by atoms with Crippen LogP contribution in [0.4, 0.5) is 0 Å². The molecular formula is C15H16N2O4. The van der Waals surface area contributed by atoms with Crippen LogP contribution >= 0.6 is 0 Å². The van der Waals surface area contributed by atoms with Gasteiger partial charge in [-0.1, -0.05) is 18.2 Å². The second-order valence-corrected chi connectivity index (χ2v) is 4.49. The highest BCUT2D eigenvalue weighted by atomic mass is 16.5. The number of esters is 1. The van der Waals surface area contributed by atoms with Gasteiger partial charge in [-0.05, 0) is 13.0 Å². The number of rotatable bonds is 4. The van der Waals surface area contributed by atoms with E-state index in [0.29, 0.717) is 16.3 Å². The maximum Gasteiger partial charge on any atom is 0.325 e. The van der Waals surface area contributed by atoms with Crippen molar-refractivity contribution in [3.63, 3.8) is 0 Å². The third-order valence-corrected chi connectivity index (χ3v) is 3.03. The number of nitrogens with one attached hydrogen (secondary N) is 1. The first kappa shape index (κ1) is 14.8. The minimum absolute atomic E-state index is 0.174. The van der Waals surface area contributed by atoms with E-state index in [4.69, 9.17) is 4.74 Å². The number of hydrogen-bond donors (Lipinski definition) is 1. The highest BCUT2D eigenvalue weighted by Gasteiger charge is 2.14. The lowest BCUT2D eigenvalue weighted by atomic mass is 10.1. The maximum atomic E-state index is 12.2. The van der Waals surface area contributed by atoms with Crippen molar-refractivity contribution in [1.82, 2.24) is 9.88 Å². The molecule has 0 atom stereocenters. The minimum Gasteiger partial charge on any atom is -0.465 e. The van der Waals surface area contributed by atoms with Gasteiger partial charge in [-0.3, -0.25) is 14.4 Å². The van der Waals surface area contributed by atoms with Crippen LogP contribution in [-0.2, 0) is 16.6 Å². The third kappa shape index (κ3) is 3.10. The predicted molar refractivity (Wildman–Crippen MR) is 78.2 cm³/mol. The van der Waals surface area contributed by atoms with E-state index in [1.807, 2.05) is 0 Å². The zero-order valence-electron chi connectivity index (χ0n) is 11.9. The zero-order valence-corrected chi connectivity index (χ0v) is 11.9. The van der Waals surface area contributed by atoms with Crippen molar-refractivity contribution in [2.45, 2.75) is 6.92 Å². The molecule has 0 fully saturated rings. The van der Waals surface area contributed by atoms with Gasteiger partial charge < -0.3 is 14.6 Å². The summed E-state index contributed by atoms with van der Waals surface area (Å²) in [5, 5.41) is 3.51. The number of hydrogen-bond acceptors (Lipinski definition) is 4. The van der Waals surface area contributed by atoms with Crippen LogP contribution < -0.4 is 10.9 Å². The van der Waals surface area contributed by atoms with E-state index in [1.54, 1.807) is 38.2 Å². The number of fused-ring (bicyclic) bond motifs is 1. The fourth-order valence-electron chi connectivity index (χ4n) is 2.06. The number of nitrogens with zero attached hydrogens (tertiary/aromatic N) is 1. The van der Waals surface area contributed by atoms with Crippen molar-refractivity contribution in [3.05, 3.63) is 46.4 Å². The van der Waals surface area contributed by atoms with Crippen molar-refractivity contribution in [3.8, 4) is 0 Å². The average molecular weight is 288 g/mol. The maximum absolute atomic E-state index is 12.2. The summed E-state index contributed by atoms with van der Waals surface area (Å²) in [7, 11) is 1.58. The van der Waals surface area contributed by atoms with Crippen molar-refractivity contribution < 1.29 is 14.3 Å². The van der Waals surface area contributed by atoms with E-state index in [-0.39, 0.29) is 18.7 Å². The Balaban J connectivity index is 2.34. The lowest BCUT2D eigenvalue weighted by Gasteiger charge is -2.09. The topological polar surface area (TPSA) is 77.4 Å². The molecule has 6 nitrogen and oxygen atoms in total. The van der Waals surface area contributed by atoms with E-state index in [2.05, 4.69) is 5.32 Å². The first-order valence-corrected chi connectivity index (χ1v) is 6.56. The molecule has 21 heavy (non-hydrogen) atoms. The Bertz CT molecular complexity index is 749. The number of pyridine rings is 1. The second kappa shape index (κ2) is 6.21. The number of aromatic nitrogens is 1. The summed E-state index contributed by atoms with van der Waals surface area (Å²) in [6, 6.07) is 6.86. The first-order chi connectivity index (χ1) is 10.0. The minimum atomic E-state index is -0.500. The fourth-order valence-corrected chi connectivity index (χ4v) is 2.06. The van der Waals surface area contributed by atoms with Crippen LogP contribution in [0.2, 0.25) is 0 Å². The molecule has 2 aromatic rings. The number of benzene rings is 1. The van der Waals surface area contributed by atoms with Gasteiger partial charge in [0.1, 0.15) is 6.54 Å². The fraction of sp³-hybridized carbons (Fsp3) is 0.267. The van der Waals surface area contributed by atoms with Crippen molar-refractivity contribution >= 4 is 22.6 Å². The van der Waals surface area contributed by atoms with Crippen LogP contribution in [0, 0.1) is 0 Å². The molecular weight excluding hydrogens is 272 g/mol. The molecule has 1 amide bonds. The quantitative estimate of drug-likeness (QED) is 0.845. The lowest BCUT2D eigenvalue weighted by Crippen LogP contribution is -2.32. The molecule has 1 N–H and O–H groups in total. The monoisotopic (exact) mass is 288 g/mol. The molecule has 0 bridgehead atoms. The van der Waals surface area contributed by atoms with Crippen LogP contribution in [-0.4, -0.2) is 29.6 Å². The van der Waals surface area contributed by atoms with Gasteiger partial charge in [0, 0.05) is 24.0 Å². The molecule has 0 aliphatic rings. The summed E-state index contributed by atoms with van der Waals surface area (Å²) in [6.45, 7) is 1.75. The highest BCUT2D eigenvalue weighted by Crippen LogP contribution is 2.14. The molecule has 1 heterocycles. The van der Waals surface area contributed by atoms with Crippen LogP contribution in [0.25, 0.3) is 10.8 Å². The second-order valence-electron chi connectivity index (χ2n) is 4.49. The molecule has 110 valence electrons. The van der Waals surface area contributed by atoms with E-state index >= 15 is 0 Å². The van der Waals surface area contributed by atoms with Crippen LogP contribution in [0.1, 0.15) is 17.3 Å². The molecule has 6 heteroatoms. The number of amides is 1. The SMILES string of the molecule is CCOC(=O)CNC(=O)c1cn(C)c(=O)c2ccccc12. The summed E-state index contributed by atoms with van der Waals surface area (Å²) in [4.78, 5) is 35.5. The Morgan fingerprint density at radius 1 is 1.24 bits per heavy atom. The van der Waals surface area contributed by atoms with Gasteiger partial charge in [-0.15, -0.1) is 0 Å². The molecule has 0 saturated heterocycles. The van der Waals surface area contributed by atoms with Gasteiger partial charge in [0.25, 0.3) is 11.5 Å². The van der Waals surface area contributed by atoms with Crippen molar-refractivity contribution in [1.29, 1.82) is 0 Å². The Morgan fingerprint density at radius 3 is 2.57 bits per heavy atom. The molecule has 0 radical (unpaired) electrons. The van der Waals surface area contributed by atoms with Gasteiger partial charge in [0.15, 0.2) is 0 Å². The Hall–Kier alpha value is -2.63. The van der Waals surface area contributed by atoms with E-state index in [0.717, 1.165) is 0 Å². The lowest BCUT2D eigenvalue weighted by molar-refractivity contribution is -0.141. The summed E-state index contributed by atoms with van der Waals surface area (Å²) in [6.07, 6.45) is 1.46. The normalized spacial score (nSPS) is 10.4. The molecule has 0 aliphatic carbocycles. The molecule has 1 aromatic carbocycles. The van der Waals surface area contributed by atoms with Crippen LogP contribution in [0.3, 0.4) is 0 Å². The Labute approximate surface area is 121 Å². The van der Waals surface area contributed by atoms with E-state index < -0.39 is 11.9 Å². The van der Waals surface area contributed by atoms with Gasteiger partial charge in [0.05, 0.1) is 12.2 Å². The smallest absolute Gasteiger partial charge is 0.325 e. The van der Waals surface area contributed by atoms with Gasteiger partial charge in [-0.2, -0.15) is 0 Å². The zero-order chi connectivity index (χ0) is 15.4. The van der Waals surface area contributed by atoms with E-state index in [9.17, 15) is 14.4 Å². The molecule has 0 spiro atoms. The summed E-state index contributed by atoms with van der Waals surface area (Å²) >= 11 is 0. The van der Waals surface area contributed by atoms with Gasteiger partial charge in [-0.25, -0.2) is 0 Å². The summed E-state index contributed by atoms with van der Waals surface area (Å²) < 4.78 is 6.10. The summed E-state index contributed by atoms with van der Waals surface area (Å²) in [5.41, 5.74) is 0.171. The highest BCUT2D eigenvalue weighted by molar-refractivity contribution is 6.07. The van der Waals surface area contributed by atoms with Gasteiger partial charge >= 0.3 is 5.97 Å². The molecule has 0 unspecified atom stereocenters. The molecule has 0 aliphatic heterocycles. The van der Waals surface area contributed by atoms with Crippen molar-refractivity contribution in [2.24, 2.45) is 7.05 Å². The van der Waals surface area contributed by atoms with E-state index in [1.165, 1.54) is 10.8 Å². The largest absolute Gasteiger partial charge is 0.465 e.